The lowest BCUT2D eigenvalue weighted by Gasteiger charge is -2.26. The van der Waals surface area contributed by atoms with Crippen LogP contribution in [0.2, 0.25) is 0 Å². The molecule has 0 atom stereocenters. The number of ether oxygens (including phenoxy) is 3. The van der Waals surface area contributed by atoms with Crippen molar-refractivity contribution < 1.29 is 37.0 Å². The molecular weight excluding hydrogens is 406 g/mol. The van der Waals surface area contributed by atoms with E-state index >= 15 is 0 Å². The summed E-state index contributed by atoms with van der Waals surface area (Å²) in [4.78, 5) is 33.4. The molecule has 0 spiro atoms. The number of methoxy groups -OCH3 is 1. The molecule has 12 heteroatoms. The molecule has 158 valence electrons. The lowest BCUT2D eigenvalue weighted by atomic mass is 10.2. The summed E-state index contributed by atoms with van der Waals surface area (Å²) in [5, 5.41) is 1.74. The smallest absolute Gasteiger partial charge is 0.331 e. The van der Waals surface area contributed by atoms with Gasteiger partial charge >= 0.3 is 12.0 Å². The molecule has 0 aromatic heterocycles. The fraction of sp³-hybridized carbons (Fsp3) is 0.353. The molecule has 2 rings (SSSR count). The van der Waals surface area contributed by atoms with Crippen LogP contribution < -0.4 is 15.8 Å². The zero-order valence-electron chi connectivity index (χ0n) is 15.6. The van der Waals surface area contributed by atoms with Gasteiger partial charge in [0.2, 0.25) is 10.0 Å². The van der Waals surface area contributed by atoms with Gasteiger partial charge in [-0.25, -0.2) is 18.0 Å². The zero-order valence-corrected chi connectivity index (χ0v) is 16.4. The second-order valence-electron chi connectivity index (χ2n) is 5.78. The van der Waals surface area contributed by atoms with Gasteiger partial charge in [-0.1, -0.05) is 6.07 Å². The number of rotatable bonds is 7. The van der Waals surface area contributed by atoms with Crippen LogP contribution in [0.15, 0.2) is 29.2 Å². The molecule has 1 saturated heterocycles. The number of hydrogen-bond donors (Lipinski definition) is 2. The maximum Gasteiger partial charge on any atom is 0.331 e. The topological polar surface area (TPSA) is 154 Å². The van der Waals surface area contributed by atoms with Crippen LogP contribution in [-0.4, -0.2) is 70.7 Å². The second-order valence-corrected chi connectivity index (χ2v) is 7.69. The van der Waals surface area contributed by atoms with Crippen LogP contribution in [0.3, 0.4) is 0 Å². The van der Waals surface area contributed by atoms with Crippen LogP contribution in [0.25, 0.3) is 6.08 Å². The fourth-order valence-electron chi connectivity index (χ4n) is 2.45. The highest BCUT2D eigenvalue weighted by atomic mass is 32.2. The van der Waals surface area contributed by atoms with Gasteiger partial charge in [-0.3, -0.25) is 10.1 Å². The molecule has 0 radical (unpaired) electrons. The van der Waals surface area contributed by atoms with Crippen LogP contribution in [0.5, 0.6) is 5.75 Å². The first-order valence-corrected chi connectivity index (χ1v) is 9.88. The molecule has 0 saturated carbocycles. The molecule has 1 aromatic rings. The number of urea groups is 1. The number of carbonyl (C=O) groups is 3. The summed E-state index contributed by atoms with van der Waals surface area (Å²) in [5.41, 5.74) is 5.17. The number of nitrogens with two attached hydrogens (primary N) is 1. The molecule has 3 N–H and O–H groups in total. The van der Waals surface area contributed by atoms with Crippen LogP contribution in [0.1, 0.15) is 5.56 Å². The summed E-state index contributed by atoms with van der Waals surface area (Å²) in [5.74, 6) is -1.57. The van der Waals surface area contributed by atoms with Crippen molar-refractivity contribution in [2.75, 3.05) is 40.0 Å². The Kier molecular flexibility index (Phi) is 7.70. The van der Waals surface area contributed by atoms with E-state index in [1.54, 1.807) is 11.4 Å². The number of nitrogens with zero attached hydrogens (tertiary/aromatic N) is 1. The van der Waals surface area contributed by atoms with E-state index < -0.39 is 34.5 Å². The summed E-state index contributed by atoms with van der Waals surface area (Å²) >= 11 is 0. The van der Waals surface area contributed by atoms with Gasteiger partial charge in [-0.15, -0.1) is 0 Å². The minimum Gasteiger partial charge on any atom is -0.495 e. The Morgan fingerprint density at radius 2 is 1.97 bits per heavy atom. The lowest BCUT2D eigenvalue weighted by Crippen LogP contribution is -2.40. The maximum absolute atomic E-state index is 12.9. The van der Waals surface area contributed by atoms with Gasteiger partial charge in [0, 0.05) is 19.2 Å². The largest absolute Gasteiger partial charge is 0.495 e. The predicted octanol–water partition coefficient (Wildman–Crippen LogP) is -0.533. The molecule has 1 aliphatic heterocycles. The minimum atomic E-state index is -3.82. The van der Waals surface area contributed by atoms with E-state index in [2.05, 4.69) is 4.74 Å². The highest BCUT2D eigenvalue weighted by Gasteiger charge is 2.29. The number of morpholine rings is 1. The van der Waals surface area contributed by atoms with E-state index in [-0.39, 0.29) is 23.7 Å². The van der Waals surface area contributed by atoms with Gasteiger partial charge in [0.05, 0.1) is 20.3 Å². The average Bonchev–Trinajstić information content (AvgIpc) is 2.70. The fourth-order valence-corrected chi connectivity index (χ4v) is 4.05. The van der Waals surface area contributed by atoms with Gasteiger partial charge in [0.25, 0.3) is 5.91 Å². The van der Waals surface area contributed by atoms with Gasteiger partial charge in [-0.2, -0.15) is 4.31 Å². The van der Waals surface area contributed by atoms with E-state index in [1.807, 2.05) is 0 Å². The molecule has 0 unspecified atom stereocenters. The minimum absolute atomic E-state index is 0.0433. The molecular formula is C17H21N3O8S. The molecule has 29 heavy (non-hydrogen) atoms. The maximum atomic E-state index is 12.9. The summed E-state index contributed by atoms with van der Waals surface area (Å²) < 4.78 is 42.1. The molecule has 0 bridgehead atoms. The quantitative estimate of drug-likeness (QED) is 0.435. The van der Waals surface area contributed by atoms with Crippen molar-refractivity contribution in [3.8, 4) is 5.75 Å². The first kappa shape index (κ1) is 22.3. The number of esters is 1. The van der Waals surface area contributed by atoms with Crippen molar-refractivity contribution in [2.24, 2.45) is 5.73 Å². The Bertz CT molecular complexity index is 907. The SMILES string of the molecule is COc1ccc(C=CC(=O)OCC(=O)NC(N)=O)cc1S(=O)(=O)N1CCOCC1. The summed E-state index contributed by atoms with van der Waals surface area (Å²) in [6, 6.07) is 3.33. The number of amides is 3. The van der Waals surface area contributed by atoms with Crippen LogP contribution in [0, 0.1) is 0 Å². The first-order chi connectivity index (χ1) is 13.7. The number of primary amides is 1. The molecule has 1 fully saturated rings. The van der Waals surface area contributed by atoms with Crippen molar-refractivity contribution in [3.05, 3.63) is 29.8 Å². The summed E-state index contributed by atoms with van der Waals surface area (Å²) in [6.45, 7) is 0.370. The van der Waals surface area contributed by atoms with Crippen LogP contribution in [0.4, 0.5) is 4.79 Å². The van der Waals surface area contributed by atoms with E-state index in [9.17, 15) is 22.8 Å². The number of benzene rings is 1. The predicted molar refractivity (Wildman–Crippen MR) is 100 cm³/mol. The number of nitrogens with one attached hydrogen (secondary N) is 1. The summed E-state index contributed by atoms with van der Waals surface area (Å²) in [6.07, 6.45) is 2.34. The molecule has 0 aliphatic carbocycles. The average molecular weight is 427 g/mol. The van der Waals surface area contributed by atoms with Crippen molar-refractivity contribution in [3.63, 3.8) is 0 Å². The van der Waals surface area contributed by atoms with Crippen molar-refractivity contribution in [1.82, 2.24) is 9.62 Å². The monoisotopic (exact) mass is 427 g/mol. The highest BCUT2D eigenvalue weighted by Crippen LogP contribution is 2.28. The zero-order chi connectivity index (χ0) is 21.4. The number of hydrogen-bond acceptors (Lipinski definition) is 8. The molecule has 3 amide bonds. The van der Waals surface area contributed by atoms with Gasteiger partial charge in [0.1, 0.15) is 10.6 Å². The normalized spacial score (nSPS) is 15.1. The number of imide groups is 1. The third-order valence-corrected chi connectivity index (χ3v) is 5.72. The van der Waals surface area contributed by atoms with Crippen molar-refractivity contribution in [2.45, 2.75) is 4.90 Å². The van der Waals surface area contributed by atoms with Gasteiger partial charge in [0.15, 0.2) is 6.61 Å². The highest BCUT2D eigenvalue weighted by molar-refractivity contribution is 7.89. The van der Waals surface area contributed by atoms with Gasteiger partial charge in [-0.05, 0) is 23.8 Å². The van der Waals surface area contributed by atoms with E-state index in [0.29, 0.717) is 18.8 Å². The Balaban J connectivity index is 2.13. The molecule has 11 nitrogen and oxygen atoms in total. The molecule has 1 aliphatic rings. The molecule has 1 heterocycles. The van der Waals surface area contributed by atoms with E-state index in [0.717, 1.165) is 6.08 Å². The Morgan fingerprint density at radius 3 is 2.59 bits per heavy atom. The Morgan fingerprint density at radius 1 is 1.28 bits per heavy atom. The van der Waals surface area contributed by atoms with Crippen LogP contribution >= 0.6 is 0 Å². The molecule has 1 aromatic carbocycles. The third kappa shape index (κ3) is 6.27. The van der Waals surface area contributed by atoms with E-state index in [4.69, 9.17) is 15.2 Å². The summed E-state index contributed by atoms with van der Waals surface area (Å²) in [7, 11) is -2.46. The van der Waals surface area contributed by atoms with Gasteiger partial charge < -0.3 is 19.9 Å². The lowest BCUT2D eigenvalue weighted by molar-refractivity contribution is -0.143. The second kappa shape index (κ2) is 10.0. The van der Waals surface area contributed by atoms with Crippen LogP contribution in [-0.2, 0) is 29.1 Å². The number of sulfonamides is 1. The van der Waals surface area contributed by atoms with E-state index in [1.165, 1.54) is 29.6 Å². The Hall–Kier alpha value is -2.96. The first-order valence-electron chi connectivity index (χ1n) is 8.44. The Labute approximate surface area is 167 Å². The number of carbonyl (C=O) groups excluding carboxylic acids is 3. The standard InChI is InChI=1S/C17H21N3O8S/c1-26-13-4-2-12(3-5-16(22)28-11-15(21)19-17(18)23)10-14(13)29(24,25)20-6-8-27-9-7-20/h2-5,10H,6-9,11H2,1H3,(H3,18,19,21,23). The van der Waals surface area contributed by atoms with Crippen molar-refractivity contribution in [1.29, 1.82) is 0 Å². The third-order valence-electron chi connectivity index (χ3n) is 3.80. The van der Waals surface area contributed by atoms with Crippen molar-refractivity contribution >= 4 is 34.0 Å².